The van der Waals surface area contributed by atoms with Crippen molar-refractivity contribution in [3.63, 3.8) is 0 Å². The Morgan fingerprint density at radius 2 is 1.88 bits per heavy atom. The zero-order chi connectivity index (χ0) is 12.1. The molecule has 1 aromatic heterocycles. The molecule has 1 unspecified atom stereocenters. The number of pyridine rings is 1. The van der Waals surface area contributed by atoms with Gasteiger partial charge in [-0.25, -0.2) is 0 Å². The average Bonchev–Trinajstić information content (AvgIpc) is 2.39. The summed E-state index contributed by atoms with van der Waals surface area (Å²) in [6.45, 7) is 0. The Bertz CT molecular complexity index is 471. The molecule has 2 aromatic rings. The van der Waals surface area contributed by atoms with E-state index in [1.165, 1.54) is 11.1 Å². The summed E-state index contributed by atoms with van der Waals surface area (Å²) in [4.78, 5) is 4.05. The first-order valence-electron chi connectivity index (χ1n) is 5.62. The Labute approximate surface area is 110 Å². The van der Waals surface area contributed by atoms with E-state index in [1.54, 1.807) is 0 Å². The average molecular weight is 291 g/mol. The minimum atomic E-state index is 0.316. The van der Waals surface area contributed by atoms with Gasteiger partial charge in [0.15, 0.2) is 0 Å². The zero-order valence-corrected chi connectivity index (χ0v) is 11.3. The largest absolute Gasteiger partial charge is 0.313 e. The van der Waals surface area contributed by atoms with Crippen molar-refractivity contribution in [2.75, 3.05) is 7.05 Å². The van der Waals surface area contributed by atoms with Crippen LogP contribution in [0.5, 0.6) is 0 Å². The van der Waals surface area contributed by atoms with Crippen LogP contribution in [0, 0.1) is 0 Å². The lowest BCUT2D eigenvalue weighted by Crippen LogP contribution is -2.19. The van der Waals surface area contributed by atoms with E-state index in [0.717, 1.165) is 10.9 Å². The Balaban J connectivity index is 2.19. The van der Waals surface area contributed by atoms with Crippen LogP contribution in [0.25, 0.3) is 0 Å². The van der Waals surface area contributed by atoms with Gasteiger partial charge in [0.1, 0.15) is 0 Å². The molecule has 0 aliphatic heterocycles. The van der Waals surface area contributed by atoms with Gasteiger partial charge in [0, 0.05) is 22.9 Å². The van der Waals surface area contributed by atoms with Crippen LogP contribution in [-0.4, -0.2) is 12.0 Å². The monoisotopic (exact) mass is 290 g/mol. The Morgan fingerprint density at radius 3 is 2.53 bits per heavy atom. The van der Waals surface area contributed by atoms with E-state index in [1.807, 2.05) is 25.5 Å². The molecule has 0 spiro atoms. The number of halogens is 1. The molecule has 0 fully saturated rings. The molecule has 1 N–H and O–H groups in total. The third-order valence-corrected chi connectivity index (χ3v) is 3.61. The summed E-state index contributed by atoms with van der Waals surface area (Å²) in [5, 5.41) is 3.35. The molecule has 0 bridgehead atoms. The second kappa shape index (κ2) is 5.94. The highest BCUT2D eigenvalue weighted by molar-refractivity contribution is 9.10. The molecular formula is C14H15BrN2. The Kier molecular flexibility index (Phi) is 4.29. The number of rotatable bonds is 4. The van der Waals surface area contributed by atoms with Gasteiger partial charge in [0.2, 0.25) is 0 Å². The highest BCUT2D eigenvalue weighted by Gasteiger charge is 2.11. The van der Waals surface area contributed by atoms with Crippen molar-refractivity contribution in [1.29, 1.82) is 0 Å². The maximum atomic E-state index is 4.05. The van der Waals surface area contributed by atoms with Crippen LogP contribution in [0.4, 0.5) is 0 Å². The number of benzene rings is 1. The van der Waals surface area contributed by atoms with E-state index < -0.39 is 0 Å². The molecule has 0 aliphatic rings. The van der Waals surface area contributed by atoms with Crippen LogP contribution in [0.1, 0.15) is 17.2 Å². The molecule has 88 valence electrons. The molecule has 1 atom stereocenters. The summed E-state index contributed by atoms with van der Waals surface area (Å²) in [5.41, 5.74) is 2.57. The van der Waals surface area contributed by atoms with Crippen LogP contribution in [0.2, 0.25) is 0 Å². The van der Waals surface area contributed by atoms with Crippen molar-refractivity contribution < 1.29 is 0 Å². The minimum Gasteiger partial charge on any atom is -0.313 e. The standard InChI is InChI=1S/C14H15BrN2/c1-16-14(11-6-8-17-9-7-11)10-12-4-2-3-5-13(12)15/h2-9,14,16H,10H2,1H3. The number of aromatic nitrogens is 1. The molecule has 0 radical (unpaired) electrons. The molecular weight excluding hydrogens is 276 g/mol. The summed E-state index contributed by atoms with van der Waals surface area (Å²) in [5.74, 6) is 0. The van der Waals surface area contributed by atoms with Gasteiger partial charge in [-0.1, -0.05) is 34.1 Å². The van der Waals surface area contributed by atoms with Crippen molar-refractivity contribution in [1.82, 2.24) is 10.3 Å². The second-order valence-electron chi connectivity index (χ2n) is 3.92. The molecule has 2 rings (SSSR count). The van der Waals surface area contributed by atoms with Crippen molar-refractivity contribution in [3.05, 3.63) is 64.4 Å². The van der Waals surface area contributed by atoms with E-state index in [4.69, 9.17) is 0 Å². The topological polar surface area (TPSA) is 24.9 Å². The third-order valence-electron chi connectivity index (χ3n) is 2.84. The number of hydrogen-bond acceptors (Lipinski definition) is 2. The van der Waals surface area contributed by atoms with Gasteiger partial charge in [-0.3, -0.25) is 4.98 Å². The highest BCUT2D eigenvalue weighted by atomic mass is 79.9. The molecule has 0 aliphatic carbocycles. The van der Waals surface area contributed by atoms with Crippen molar-refractivity contribution in [2.45, 2.75) is 12.5 Å². The van der Waals surface area contributed by atoms with Gasteiger partial charge in [-0.2, -0.15) is 0 Å². The van der Waals surface area contributed by atoms with Gasteiger partial charge in [0.05, 0.1) is 0 Å². The lowest BCUT2D eigenvalue weighted by atomic mass is 10.00. The van der Waals surface area contributed by atoms with E-state index in [-0.39, 0.29) is 0 Å². The number of hydrogen-bond donors (Lipinski definition) is 1. The lowest BCUT2D eigenvalue weighted by molar-refractivity contribution is 0.590. The normalized spacial score (nSPS) is 12.4. The molecule has 0 amide bonds. The second-order valence-corrected chi connectivity index (χ2v) is 4.77. The van der Waals surface area contributed by atoms with Crippen LogP contribution in [-0.2, 0) is 6.42 Å². The fourth-order valence-corrected chi connectivity index (χ4v) is 2.31. The maximum Gasteiger partial charge on any atom is 0.0359 e. The molecule has 0 saturated heterocycles. The summed E-state index contributed by atoms with van der Waals surface area (Å²) in [7, 11) is 1.99. The smallest absolute Gasteiger partial charge is 0.0359 e. The van der Waals surface area contributed by atoms with Gasteiger partial charge in [-0.05, 0) is 42.8 Å². The van der Waals surface area contributed by atoms with Crippen LogP contribution in [0.3, 0.4) is 0 Å². The van der Waals surface area contributed by atoms with Crippen molar-refractivity contribution >= 4 is 15.9 Å². The van der Waals surface area contributed by atoms with Crippen LogP contribution in [0.15, 0.2) is 53.3 Å². The summed E-state index contributed by atoms with van der Waals surface area (Å²) in [6, 6.07) is 12.8. The lowest BCUT2D eigenvalue weighted by Gasteiger charge is -2.17. The number of nitrogens with zero attached hydrogens (tertiary/aromatic N) is 1. The predicted molar refractivity (Wildman–Crippen MR) is 73.9 cm³/mol. The van der Waals surface area contributed by atoms with E-state index in [9.17, 15) is 0 Å². The van der Waals surface area contributed by atoms with Crippen LogP contribution < -0.4 is 5.32 Å². The zero-order valence-electron chi connectivity index (χ0n) is 9.73. The van der Waals surface area contributed by atoms with Gasteiger partial charge in [-0.15, -0.1) is 0 Å². The minimum absolute atomic E-state index is 0.316. The van der Waals surface area contributed by atoms with Gasteiger partial charge < -0.3 is 5.32 Å². The van der Waals surface area contributed by atoms with Gasteiger partial charge >= 0.3 is 0 Å². The number of nitrogens with one attached hydrogen (secondary N) is 1. The summed E-state index contributed by atoms with van der Waals surface area (Å²) >= 11 is 3.59. The molecule has 0 saturated carbocycles. The molecule has 1 aromatic carbocycles. The molecule has 2 nitrogen and oxygen atoms in total. The molecule has 1 heterocycles. The number of likely N-dealkylation sites (N-methyl/N-ethyl adjacent to an activating group) is 1. The summed E-state index contributed by atoms with van der Waals surface area (Å²) in [6.07, 6.45) is 4.63. The quantitative estimate of drug-likeness (QED) is 0.934. The van der Waals surface area contributed by atoms with Gasteiger partial charge in [0.25, 0.3) is 0 Å². The molecule has 17 heavy (non-hydrogen) atoms. The van der Waals surface area contributed by atoms with Crippen LogP contribution >= 0.6 is 15.9 Å². The Hall–Kier alpha value is -1.19. The highest BCUT2D eigenvalue weighted by Crippen LogP contribution is 2.23. The predicted octanol–water partition coefficient (Wildman–Crippen LogP) is 3.35. The van der Waals surface area contributed by atoms with E-state index in [2.05, 4.69) is 56.6 Å². The van der Waals surface area contributed by atoms with E-state index >= 15 is 0 Å². The fraction of sp³-hybridized carbons (Fsp3) is 0.214. The summed E-state index contributed by atoms with van der Waals surface area (Å²) < 4.78 is 1.16. The Morgan fingerprint density at radius 1 is 1.18 bits per heavy atom. The van der Waals surface area contributed by atoms with Crippen molar-refractivity contribution in [3.8, 4) is 0 Å². The first-order valence-corrected chi connectivity index (χ1v) is 6.41. The van der Waals surface area contributed by atoms with E-state index in [0.29, 0.717) is 6.04 Å². The first-order chi connectivity index (χ1) is 8.31. The SMILES string of the molecule is CNC(Cc1ccccc1Br)c1ccncc1. The third kappa shape index (κ3) is 3.14. The molecule has 3 heteroatoms. The maximum absolute atomic E-state index is 4.05. The first kappa shape index (κ1) is 12.3. The fourth-order valence-electron chi connectivity index (χ4n) is 1.87. The van der Waals surface area contributed by atoms with Crippen molar-refractivity contribution in [2.24, 2.45) is 0 Å².